The van der Waals surface area contributed by atoms with E-state index in [0.29, 0.717) is 12.1 Å². The molecule has 2 aliphatic rings. The number of likely N-dealkylation sites (tertiary alicyclic amines) is 2. The number of nitrogens with zero attached hydrogens (tertiary/aromatic N) is 3. The standard InChI is InChI=1S/C19H37N5O/c1-14(2)18(25)24-11-8-17(13-24)22-19(20-5)21-12-16(4)23-9-6-15(3)7-10-23/h14-17H,6-13H2,1-5H3,(H2,20,21,22). The van der Waals surface area contributed by atoms with E-state index in [9.17, 15) is 4.79 Å². The highest BCUT2D eigenvalue weighted by Gasteiger charge is 2.28. The van der Waals surface area contributed by atoms with Crippen LogP contribution in [0.4, 0.5) is 0 Å². The number of hydrogen-bond donors (Lipinski definition) is 2. The maximum atomic E-state index is 12.1. The second kappa shape index (κ2) is 9.41. The van der Waals surface area contributed by atoms with Crippen LogP contribution in [0, 0.1) is 11.8 Å². The number of nitrogens with one attached hydrogen (secondary N) is 2. The number of amides is 1. The van der Waals surface area contributed by atoms with Gasteiger partial charge in [-0.25, -0.2) is 0 Å². The van der Waals surface area contributed by atoms with Gasteiger partial charge in [0, 0.05) is 44.7 Å². The summed E-state index contributed by atoms with van der Waals surface area (Å²) in [6.07, 6.45) is 3.59. The largest absolute Gasteiger partial charge is 0.355 e. The van der Waals surface area contributed by atoms with Crippen molar-refractivity contribution >= 4 is 11.9 Å². The number of carbonyl (C=O) groups excluding carboxylic acids is 1. The van der Waals surface area contributed by atoms with Crippen LogP contribution >= 0.6 is 0 Å². The number of aliphatic imine (C=N–C) groups is 1. The van der Waals surface area contributed by atoms with Gasteiger partial charge < -0.3 is 15.5 Å². The highest BCUT2D eigenvalue weighted by Crippen LogP contribution is 2.17. The summed E-state index contributed by atoms with van der Waals surface area (Å²) in [4.78, 5) is 21.0. The van der Waals surface area contributed by atoms with Gasteiger partial charge in [0.1, 0.15) is 0 Å². The molecule has 2 heterocycles. The zero-order valence-electron chi connectivity index (χ0n) is 16.7. The van der Waals surface area contributed by atoms with Gasteiger partial charge in [0.05, 0.1) is 0 Å². The van der Waals surface area contributed by atoms with Crippen molar-refractivity contribution in [3.63, 3.8) is 0 Å². The van der Waals surface area contributed by atoms with Gasteiger partial charge in [-0.05, 0) is 45.2 Å². The topological polar surface area (TPSA) is 60.0 Å². The first kappa shape index (κ1) is 20.0. The third-order valence-electron chi connectivity index (χ3n) is 5.56. The van der Waals surface area contributed by atoms with E-state index in [2.05, 4.69) is 34.4 Å². The van der Waals surface area contributed by atoms with Crippen LogP contribution in [0.25, 0.3) is 0 Å². The molecule has 0 aromatic carbocycles. The predicted octanol–water partition coefficient (Wildman–Crippen LogP) is 1.53. The van der Waals surface area contributed by atoms with Gasteiger partial charge in [0.2, 0.25) is 5.91 Å². The van der Waals surface area contributed by atoms with Crippen LogP contribution in [-0.4, -0.2) is 73.5 Å². The molecular weight excluding hydrogens is 314 g/mol. The Balaban J connectivity index is 1.73. The third kappa shape index (κ3) is 5.87. The fourth-order valence-electron chi connectivity index (χ4n) is 3.67. The van der Waals surface area contributed by atoms with Gasteiger partial charge in [-0.3, -0.25) is 14.7 Å². The molecule has 0 spiro atoms. The molecule has 25 heavy (non-hydrogen) atoms. The number of carbonyl (C=O) groups is 1. The summed E-state index contributed by atoms with van der Waals surface area (Å²) in [6, 6.07) is 0.800. The molecule has 2 atom stereocenters. The van der Waals surface area contributed by atoms with E-state index < -0.39 is 0 Å². The molecular formula is C19H37N5O. The van der Waals surface area contributed by atoms with Crippen molar-refractivity contribution in [2.45, 2.75) is 59.0 Å². The van der Waals surface area contributed by atoms with Crippen molar-refractivity contribution < 1.29 is 4.79 Å². The van der Waals surface area contributed by atoms with E-state index in [1.807, 2.05) is 25.8 Å². The Kier molecular flexibility index (Phi) is 7.54. The molecule has 0 aromatic rings. The molecule has 0 aliphatic carbocycles. The predicted molar refractivity (Wildman–Crippen MR) is 104 cm³/mol. The smallest absolute Gasteiger partial charge is 0.225 e. The molecule has 2 aliphatic heterocycles. The van der Waals surface area contributed by atoms with E-state index >= 15 is 0 Å². The fourth-order valence-corrected chi connectivity index (χ4v) is 3.67. The molecule has 2 unspecified atom stereocenters. The molecule has 2 N–H and O–H groups in total. The molecule has 6 nitrogen and oxygen atoms in total. The molecule has 0 aromatic heterocycles. The minimum Gasteiger partial charge on any atom is -0.355 e. The SMILES string of the molecule is CN=C(NCC(C)N1CCC(C)CC1)NC1CCN(C(=O)C(C)C)C1. The Labute approximate surface area is 153 Å². The van der Waals surface area contributed by atoms with Gasteiger partial charge in [0.25, 0.3) is 0 Å². The van der Waals surface area contributed by atoms with E-state index in [1.165, 1.54) is 25.9 Å². The molecule has 0 radical (unpaired) electrons. The molecule has 6 heteroatoms. The number of rotatable bonds is 5. The monoisotopic (exact) mass is 351 g/mol. The molecule has 0 saturated carbocycles. The van der Waals surface area contributed by atoms with Gasteiger partial charge >= 0.3 is 0 Å². The quantitative estimate of drug-likeness (QED) is 0.582. The highest BCUT2D eigenvalue weighted by molar-refractivity contribution is 5.81. The molecule has 144 valence electrons. The van der Waals surface area contributed by atoms with E-state index in [0.717, 1.165) is 37.9 Å². The summed E-state index contributed by atoms with van der Waals surface area (Å²) in [7, 11) is 1.81. The van der Waals surface area contributed by atoms with Crippen LogP contribution in [0.3, 0.4) is 0 Å². The normalized spacial score (nSPS) is 24.6. The Bertz CT molecular complexity index is 457. The van der Waals surface area contributed by atoms with Crippen molar-refractivity contribution in [2.75, 3.05) is 39.8 Å². The lowest BCUT2D eigenvalue weighted by molar-refractivity contribution is -0.133. The van der Waals surface area contributed by atoms with Crippen LogP contribution < -0.4 is 10.6 Å². The average Bonchev–Trinajstić information content (AvgIpc) is 3.06. The zero-order chi connectivity index (χ0) is 18.4. The number of guanidine groups is 1. The van der Waals surface area contributed by atoms with E-state index in [-0.39, 0.29) is 11.8 Å². The first-order chi connectivity index (χ1) is 11.9. The highest BCUT2D eigenvalue weighted by atomic mass is 16.2. The van der Waals surface area contributed by atoms with Gasteiger partial charge in [-0.1, -0.05) is 20.8 Å². The van der Waals surface area contributed by atoms with Crippen LogP contribution in [0.2, 0.25) is 0 Å². The number of hydrogen-bond acceptors (Lipinski definition) is 3. The lowest BCUT2D eigenvalue weighted by Crippen LogP contribution is -2.50. The Morgan fingerprint density at radius 3 is 2.44 bits per heavy atom. The summed E-state index contributed by atoms with van der Waals surface area (Å²) in [5.74, 6) is 2.04. The minimum atomic E-state index is 0.0734. The van der Waals surface area contributed by atoms with Crippen LogP contribution in [-0.2, 0) is 4.79 Å². The molecule has 2 fully saturated rings. The first-order valence-corrected chi connectivity index (χ1v) is 9.90. The minimum absolute atomic E-state index is 0.0734. The van der Waals surface area contributed by atoms with Crippen molar-refractivity contribution in [2.24, 2.45) is 16.8 Å². The van der Waals surface area contributed by atoms with Gasteiger partial charge in [-0.2, -0.15) is 0 Å². The van der Waals surface area contributed by atoms with E-state index in [1.54, 1.807) is 0 Å². The summed E-state index contributed by atoms with van der Waals surface area (Å²) >= 11 is 0. The average molecular weight is 352 g/mol. The summed E-state index contributed by atoms with van der Waals surface area (Å²) in [5.41, 5.74) is 0. The van der Waals surface area contributed by atoms with Gasteiger partial charge in [-0.15, -0.1) is 0 Å². The van der Waals surface area contributed by atoms with Crippen LogP contribution in [0.15, 0.2) is 4.99 Å². The second-order valence-corrected chi connectivity index (χ2v) is 8.09. The Morgan fingerprint density at radius 1 is 1.16 bits per heavy atom. The summed E-state index contributed by atoms with van der Waals surface area (Å²) in [5, 5.41) is 6.95. The van der Waals surface area contributed by atoms with Crippen molar-refractivity contribution in [3.05, 3.63) is 0 Å². The maximum absolute atomic E-state index is 12.1. The lowest BCUT2D eigenvalue weighted by Gasteiger charge is -2.35. The van der Waals surface area contributed by atoms with Crippen molar-refractivity contribution in [1.82, 2.24) is 20.4 Å². The molecule has 1 amide bonds. The third-order valence-corrected chi connectivity index (χ3v) is 5.56. The van der Waals surface area contributed by atoms with Crippen LogP contribution in [0.1, 0.15) is 47.0 Å². The maximum Gasteiger partial charge on any atom is 0.225 e. The van der Waals surface area contributed by atoms with E-state index in [4.69, 9.17) is 0 Å². The molecule has 0 bridgehead atoms. The summed E-state index contributed by atoms with van der Waals surface area (Å²) < 4.78 is 0. The molecule has 2 saturated heterocycles. The van der Waals surface area contributed by atoms with Crippen molar-refractivity contribution in [1.29, 1.82) is 0 Å². The fraction of sp³-hybridized carbons (Fsp3) is 0.895. The number of piperidine rings is 1. The Morgan fingerprint density at radius 2 is 1.84 bits per heavy atom. The zero-order valence-corrected chi connectivity index (χ0v) is 16.7. The van der Waals surface area contributed by atoms with Gasteiger partial charge in [0.15, 0.2) is 5.96 Å². The Hall–Kier alpha value is -1.30. The molecule has 2 rings (SSSR count). The summed E-state index contributed by atoms with van der Waals surface area (Å²) in [6.45, 7) is 13.5. The first-order valence-electron chi connectivity index (χ1n) is 9.90. The second-order valence-electron chi connectivity index (χ2n) is 8.09. The van der Waals surface area contributed by atoms with Crippen LogP contribution in [0.5, 0.6) is 0 Å². The van der Waals surface area contributed by atoms with Crippen molar-refractivity contribution in [3.8, 4) is 0 Å². The lowest BCUT2D eigenvalue weighted by atomic mass is 9.98.